The Bertz CT molecular complexity index is 2550. The second kappa shape index (κ2) is 16.7. The van der Waals surface area contributed by atoms with E-state index in [9.17, 15) is 19.2 Å². The Morgan fingerprint density at radius 3 is 1.98 bits per heavy atom. The topological polar surface area (TPSA) is 188 Å². The van der Waals surface area contributed by atoms with E-state index in [4.69, 9.17) is 24.4 Å². The number of imidazole rings is 2. The highest BCUT2D eigenvalue weighted by Crippen LogP contribution is 2.37. The van der Waals surface area contributed by atoms with Gasteiger partial charge in [-0.05, 0) is 85.6 Å². The Hall–Kier alpha value is -6.43. The van der Waals surface area contributed by atoms with E-state index in [2.05, 4.69) is 50.6 Å². The second-order valence-electron chi connectivity index (χ2n) is 16.5. The second-order valence-corrected chi connectivity index (χ2v) is 16.5. The zero-order valence-electron chi connectivity index (χ0n) is 34.8. The lowest BCUT2D eigenvalue weighted by molar-refractivity contribution is -0.136. The number of H-pyrrole nitrogens is 2. The summed E-state index contributed by atoms with van der Waals surface area (Å²) in [6, 6.07) is 10.4. The first-order chi connectivity index (χ1) is 28.9. The minimum atomic E-state index is -0.700. The third-order valence-corrected chi connectivity index (χ3v) is 12.0. The number of pyridine rings is 1. The van der Waals surface area contributed by atoms with Crippen LogP contribution in [-0.4, -0.2) is 98.1 Å². The zero-order chi connectivity index (χ0) is 42.2. The lowest BCUT2D eigenvalue weighted by Gasteiger charge is -2.30. The normalized spacial score (nSPS) is 18.2. The molecule has 2 aromatic carbocycles. The number of carbonyl (C=O) groups excluding carboxylic acids is 4. The molecule has 2 aliphatic heterocycles. The number of aromatic nitrogens is 5. The molecular weight excluding hydrogens is 763 g/mol. The van der Waals surface area contributed by atoms with E-state index in [1.165, 1.54) is 14.2 Å². The van der Waals surface area contributed by atoms with Crippen molar-refractivity contribution in [2.45, 2.75) is 90.4 Å². The van der Waals surface area contributed by atoms with Crippen LogP contribution in [0.2, 0.25) is 0 Å². The van der Waals surface area contributed by atoms with Crippen LogP contribution in [0.15, 0.2) is 42.6 Å². The van der Waals surface area contributed by atoms with Gasteiger partial charge in [-0.15, -0.1) is 0 Å². The van der Waals surface area contributed by atoms with Gasteiger partial charge in [0.15, 0.2) is 0 Å². The van der Waals surface area contributed by atoms with Crippen molar-refractivity contribution >= 4 is 45.8 Å². The number of carbonyl (C=O) groups is 4. The molecule has 3 aliphatic rings. The van der Waals surface area contributed by atoms with Crippen molar-refractivity contribution < 1.29 is 28.7 Å². The van der Waals surface area contributed by atoms with Crippen molar-refractivity contribution in [3.05, 3.63) is 76.6 Å². The fraction of sp³-hybridized carbons (Fsp3) is 0.444. The number of nitrogens with zero attached hydrogens (tertiary/aromatic N) is 5. The number of alkyl carbamates (subject to hydrolysis) is 2. The Morgan fingerprint density at radius 1 is 0.750 bits per heavy atom. The van der Waals surface area contributed by atoms with Crippen molar-refractivity contribution in [1.29, 1.82) is 0 Å². The highest BCUT2D eigenvalue weighted by atomic mass is 16.5. The molecule has 60 heavy (non-hydrogen) atoms. The zero-order valence-corrected chi connectivity index (χ0v) is 34.8. The maximum absolute atomic E-state index is 13.7. The van der Waals surface area contributed by atoms with Crippen molar-refractivity contribution in [3.63, 3.8) is 0 Å². The summed E-state index contributed by atoms with van der Waals surface area (Å²) in [5.74, 6) is 7.60. The van der Waals surface area contributed by atoms with Gasteiger partial charge in [0, 0.05) is 41.5 Å². The van der Waals surface area contributed by atoms with Crippen molar-refractivity contribution in [2.24, 2.45) is 11.8 Å². The Balaban J connectivity index is 0.987. The van der Waals surface area contributed by atoms with Crippen LogP contribution in [-0.2, 0) is 31.9 Å². The summed E-state index contributed by atoms with van der Waals surface area (Å²) in [5.41, 5.74) is 7.10. The first-order valence-electron chi connectivity index (χ1n) is 20.8. The number of ether oxygens (including phenoxy) is 2. The number of likely N-dealkylation sites (tertiary alicyclic amines) is 2. The van der Waals surface area contributed by atoms with Crippen LogP contribution in [0.3, 0.4) is 0 Å². The average Bonchev–Trinajstić information content (AvgIpc) is 4.08. The van der Waals surface area contributed by atoms with E-state index in [0.717, 1.165) is 106 Å². The highest BCUT2D eigenvalue weighted by Gasteiger charge is 2.39. The first kappa shape index (κ1) is 40.4. The number of fused-ring (bicyclic) bond motifs is 6. The van der Waals surface area contributed by atoms with Gasteiger partial charge >= 0.3 is 12.2 Å². The third kappa shape index (κ3) is 7.74. The summed E-state index contributed by atoms with van der Waals surface area (Å²) in [6.45, 7) is 8.79. The van der Waals surface area contributed by atoms with Gasteiger partial charge in [0.25, 0.3) is 0 Å². The molecule has 4 amide bonds. The lowest BCUT2D eigenvalue weighted by Crippen LogP contribution is -2.51. The minimum absolute atomic E-state index is 0.114. The molecule has 15 heteroatoms. The predicted octanol–water partition coefficient (Wildman–Crippen LogP) is 6.09. The summed E-state index contributed by atoms with van der Waals surface area (Å²) >= 11 is 0. The van der Waals surface area contributed by atoms with Gasteiger partial charge in [-0.1, -0.05) is 51.7 Å². The van der Waals surface area contributed by atoms with Gasteiger partial charge in [-0.3, -0.25) is 14.6 Å². The molecule has 5 heterocycles. The monoisotopic (exact) mass is 813 g/mol. The van der Waals surface area contributed by atoms with E-state index in [0.29, 0.717) is 13.1 Å². The molecule has 0 radical (unpaired) electrons. The summed E-state index contributed by atoms with van der Waals surface area (Å²) in [7, 11) is 2.58. The van der Waals surface area contributed by atoms with Crippen LogP contribution in [0.5, 0.6) is 0 Å². The number of rotatable bonds is 8. The largest absolute Gasteiger partial charge is 0.453 e. The third-order valence-electron chi connectivity index (χ3n) is 12.0. The number of benzene rings is 2. The molecule has 0 saturated carbocycles. The van der Waals surface area contributed by atoms with Gasteiger partial charge in [0.2, 0.25) is 11.8 Å². The summed E-state index contributed by atoms with van der Waals surface area (Å²) in [5, 5.41) is 7.41. The summed E-state index contributed by atoms with van der Waals surface area (Å²) in [4.78, 5) is 76.9. The molecule has 2 fully saturated rings. The quantitative estimate of drug-likeness (QED) is 0.135. The SMILES string of the molecule is COC(=O)N[C@H](C(=O)N1CCCC1c1nc2c([nH]1)CCc1cc(C#Cc3ccc4c(ccc5[nH]c(C6CCCN6C(=O)[C@@H](NC(=O)OC)C(C)C)nc54)c3)cnc1-2)C(C)C. The van der Waals surface area contributed by atoms with Crippen molar-refractivity contribution in [1.82, 2.24) is 45.4 Å². The smallest absolute Gasteiger partial charge is 0.407 e. The highest BCUT2D eigenvalue weighted by molar-refractivity contribution is 6.04. The van der Waals surface area contributed by atoms with Crippen molar-refractivity contribution in [2.75, 3.05) is 27.3 Å². The number of nitrogens with one attached hydrogen (secondary N) is 4. The van der Waals surface area contributed by atoms with E-state index in [1.54, 1.807) is 6.20 Å². The minimum Gasteiger partial charge on any atom is -0.453 e. The van der Waals surface area contributed by atoms with E-state index >= 15 is 0 Å². The first-order valence-corrected chi connectivity index (χ1v) is 20.8. The lowest BCUT2D eigenvalue weighted by atomic mass is 9.95. The fourth-order valence-electron chi connectivity index (χ4n) is 8.79. The van der Waals surface area contributed by atoms with Crippen LogP contribution in [0.1, 0.15) is 99.5 Å². The Kier molecular flexibility index (Phi) is 11.2. The van der Waals surface area contributed by atoms with Gasteiger partial charge in [0.1, 0.15) is 29.4 Å². The van der Waals surface area contributed by atoms with Crippen LogP contribution in [0.4, 0.5) is 9.59 Å². The van der Waals surface area contributed by atoms with Crippen molar-refractivity contribution in [3.8, 4) is 23.2 Å². The molecule has 312 valence electrons. The van der Waals surface area contributed by atoms with Crippen LogP contribution in [0, 0.1) is 23.7 Å². The van der Waals surface area contributed by atoms with E-state index < -0.39 is 24.3 Å². The van der Waals surface area contributed by atoms with Crippen LogP contribution >= 0.6 is 0 Å². The van der Waals surface area contributed by atoms with E-state index in [-0.39, 0.29) is 35.7 Å². The molecule has 2 saturated heterocycles. The van der Waals surface area contributed by atoms with Gasteiger partial charge < -0.3 is 39.9 Å². The molecule has 4 atom stereocenters. The molecule has 15 nitrogen and oxygen atoms in total. The number of hydrogen-bond acceptors (Lipinski definition) is 9. The Morgan fingerprint density at radius 2 is 1.37 bits per heavy atom. The number of hydrogen-bond donors (Lipinski definition) is 4. The molecular formula is C45H51N9O6. The molecule has 1 aliphatic carbocycles. The van der Waals surface area contributed by atoms with Gasteiger partial charge in [0.05, 0.1) is 43.0 Å². The number of aryl methyl sites for hydroxylation is 2. The van der Waals surface area contributed by atoms with Gasteiger partial charge in [-0.25, -0.2) is 19.6 Å². The molecule has 0 spiro atoms. The number of methoxy groups -OCH3 is 2. The molecule has 4 N–H and O–H groups in total. The summed E-state index contributed by atoms with van der Waals surface area (Å²) in [6.07, 6.45) is 5.31. The predicted molar refractivity (Wildman–Crippen MR) is 225 cm³/mol. The van der Waals surface area contributed by atoms with Gasteiger partial charge in [-0.2, -0.15) is 0 Å². The fourth-order valence-corrected chi connectivity index (χ4v) is 8.79. The molecule has 5 aromatic rings. The Labute approximate surface area is 348 Å². The van der Waals surface area contributed by atoms with Crippen LogP contribution in [0.25, 0.3) is 33.2 Å². The molecule has 8 rings (SSSR count). The molecule has 3 aromatic heterocycles. The maximum atomic E-state index is 13.7. The number of amides is 4. The molecule has 2 unspecified atom stereocenters. The van der Waals surface area contributed by atoms with Crippen LogP contribution < -0.4 is 10.6 Å². The maximum Gasteiger partial charge on any atom is 0.407 e. The molecule has 0 bridgehead atoms. The number of aromatic amines is 2. The standard InChI is InChI=1S/C45H51N9O6/c1-24(2)35(51-44(57)59-5)42(55)53-19-7-9-33(53)40-47-31-17-14-28-21-26(13-16-30(28)38(31)49-40)11-12-27-22-29-15-18-32-39(37(29)46-23-27)50-41(48-32)34-10-8-20-54(34)43(56)36(25(3)4)52-45(58)60-6/h13-14,16-17,21-25,33-36H,7-10,15,18-20H2,1-6H3,(H,47,49)(H,48,50)(H,51,57)(H,52,58)/t33?,34?,35-,36-/m0/s1. The average molecular weight is 814 g/mol. The summed E-state index contributed by atoms with van der Waals surface area (Å²) < 4.78 is 9.56. The van der Waals surface area contributed by atoms with E-state index in [1.807, 2.05) is 55.7 Å².